The van der Waals surface area contributed by atoms with Crippen LogP contribution in [-0.4, -0.2) is 30.4 Å². The molecule has 0 aliphatic heterocycles. The van der Waals surface area contributed by atoms with Crippen molar-refractivity contribution < 1.29 is 8.78 Å². The lowest BCUT2D eigenvalue weighted by atomic mass is 10.2. The Hall–Kier alpha value is 0.210. The molecule has 0 atom stereocenters. The van der Waals surface area contributed by atoms with Crippen LogP contribution in [0, 0.1) is 0 Å². The summed E-state index contributed by atoms with van der Waals surface area (Å²) in [5, 5.41) is 0. The highest BCUT2D eigenvalue weighted by Crippen LogP contribution is 2.38. The van der Waals surface area contributed by atoms with E-state index in [-0.39, 0.29) is 12.8 Å². The van der Waals surface area contributed by atoms with E-state index in [4.69, 9.17) is 0 Å². The van der Waals surface area contributed by atoms with Gasteiger partial charge in [0.2, 0.25) is 5.92 Å². The van der Waals surface area contributed by atoms with Gasteiger partial charge in [0, 0.05) is 12.8 Å². The molecule has 0 bridgehead atoms. The van der Waals surface area contributed by atoms with E-state index in [1.807, 2.05) is 0 Å². The molecule has 0 aromatic heterocycles. The second-order valence-electron chi connectivity index (χ2n) is 3.75. The molecular weight excluding hydrogens is 166 g/mol. The van der Waals surface area contributed by atoms with Gasteiger partial charge in [-0.05, 0) is 24.5 Å². The maximum absolute atomic E-state index is 12.7. The van der Waals surface area contributed by atoms with E-state index >= 15 is 0 Å². The fourth-order valence-corrected chi connectivity index (χ4v) is 1.54. The highest BCUT2D eigenvalue weighted by Gasteiger charge is 2.26. The van der Waals surface area contributed by atoms with Gasteiger partial charge < -0.3 is 0 Å². The Balaban J connectivity index is 3.70. The molecule has 0 rings (SSSR count). The summed E-state index contributed by atoms with van der Waals surface area (Å²) in [6, 6.07) is 0. The summed E-state index contributed by atoms with van der Waals surface area (Å²) < 4.78 is 25.4. The van der Waals surface area contributed by atoms with Crippen LogP contribution in [0.4, 0.5) is 8.78 Å². The Morgan fingerprint density at radius 3 is 1.91 bits per heavy atom. The van der Waals surface area contributed by atoms with E-state index < -0.39 is 16.0 Å². The van der Waals surface area contributed by atoms with E-state index in [1.165, 1.54) is 6.92 Å². The first-order chi connectivity index (χ1) is 4.77. The van der Waals surface area contributed by atoms with E-state index in [0.29, 0.717) is 5.75 Å². The predicted octanol–water partition coefficient (Wildman–Crippen LogP) is 3.12. The molecule has 0 radical (unpaired) electrons. The van der Waals surface area contributed by atoms with Gasteiger partial charge in [-0.25, -0.2) is 18.8 Å². The van der Waals surface area contributed by atoms with E-state index in [9.17, 15) is 8.78 Å². The summed E-state index contributed by atoms with van der Waals surface area (Å²) in [5.41, 5.74) is 0. The van der Waals surface area contributed by atoms with Crippen LogP contribution in [-0.2, 0) is 0 Å². The summed E-state index contributed by atoms with van der Waals surface area (Å²) in [4.78, 5) is 0. The van der Waals surface area contributed by atoms with Crippen LogP contribution in [0.25, 0.3) is 0 Å². The topological polar surface area (TPSA) is 0 Å². The quantitative estimate of drug-likeness (QED) is 0.629. The zero-order chi connectivity index (χ0) is 9.12. The largest absolute Gasteiger partial charge is 0.249 e. The molecule has 70 valence electrons. The molecule has 0 aliphatic carbocycles. The third-order valence-corrected chi connectivity index (χ3v) is 3.03. The summed E-state index contributed by atoms with van der Waals surface area (Å²) in [7, 11) is -0.747. The van der Waals surface area contributed by atoms with Crippen molar-refractivity contribution in [2.45, 2.75) is 25.7 Å². The molecule has 0 amide bonds. The molecule has 0 fully saturated rings. The average Bonchev–Trinajstić information content (AvgIpc) is 1.83. The average molecular weight is 184 g/mol. The highest BCUT2D eigenvalue weighted by molar-refractivity contribution is 8.32. The van der Waals surface area contributed by atoms with Gasteiger partial charge in [0.15, 0.2) is 0 Å². The first-order valence-electron chi connectivity index (χ1n) is 3.81. The Bertz CT molecular complexity index is 116. The predicted molar refractivity (Wildman–Crippen MR) is 50.1 cm³/mol. The Morgan fingerprint density at radius 1 is 1.18 bits per heavy atom. The zero-order valence-electron chi connectivity index (χ0n) is 7.79. The van der Waals surface area contributed by atoms with Crippen molar-refractivity contribution in [1.29, 1.82) is 0 Å². The Labute approximate surface area is 69.7 Å². The summed E-state index contributed by atoms with van der Waals surface area (Å²) >= 11 is 0. The monoisotopic (exact) mass is 184 g/mol. The maximum Gasteiger partial charge on any atom is 0.248 e. The van der Waals surface area contributed by atoms with Crippen LogP contribution >= 0.6 is 10.0 Å². The number of hydrogen-bond acceptors (Lipinski definition) is 0. The van der Waals surface area contributed by atoms with Gasteiger partial charge in [-0.15, -0.1) is 0 Å². The van der Waals surface area contributed by atoms with E-state index in [0.717, 1.165) is 0 Å². The van der Waals surface area contributed by atoms with Crippen molar-refractivity contribution in [2.24, 2.45) is 0 Å². The number of rotatable bonds is 4. The second kappa shape index (κ2) is 3.74. The number of halogens is 2. The molecule has 0 aromatic carbocycles. The SMILES string of the molecule is CCC(F)(F)CCS(C)(C)C. The van der Waals surface area contributed by atoms with Crippen LogP contribution < -0.4 is 0 Å². The molecule has 0 saturated heterocycles. The molecular formula is C8H18F2S. The van der Waals surface area contributed by atoms with Crippen molar-refractivity contribution in [2.75, 3.05) is 24.5 Å². The summed E-state index contributed by atoms with van der Waals surface area (Å²) in [6.45, 7) is 1.54. The van der Waals surface area contributed by atoms with Gasteiger partial charge in [0.1, 0.15) is 0 Å². The zero-order valence-corrected chi connectivity index (χ0v) is 8.60. The first kappa shape index (κ1) is 11.2. The third kappa shape index (κ3) is 6.60. The van der Waals surface area contributed by atoms with Crippen LogP contribution in [0.5, 0.6) is 0 Å². The van der Waals surface area contributed by atoms with Crippen molar-refractivity contribution in [3.05, 3.63) is 0 Å². The van der Waals surface area contributed by atoms with Crippen LogP contribution in [0.3, 0.4) is 0 Å². The molecule has 3 heteroatoms. The normalized spacial score (nSPS) is 15.1. The number of alkyl halides is 2. The van der Waals surface area contributed by atoms with Crippen LogP contribution in [0.2, 0.25) is 0 Å². The Morgan fingerprint density at radius 2 is 1.64 bits per heavy atom. The fraction of sp³-hybridized carbons (Fsp3) is 1.00. The smallest absolute Gasteiger partial charge is 0.248 e. The fourth-order valence-electron chi connectivity index (χ4n) is 0.632. The number of hydrogen-bond donors (Lipinski definition) is 0. The Kier molecular flexibility index (Phi) is 3.82. The van der Waals surface area contributed by atoms with Crippen molar-refractivity contribution in [3.8, 4) is 0 Å². The van der Waals surface area contributed by atoms with Gasteiger partial charge in [-0.2, -0.15) is 0 Å². The van der Waals surface area contributed by atoms with E-state index in [1.54, 1.807) is 0 Å². The highest BCUT2D eigenvalue weighted by atomic mass is 32.3. The summed E-state index contributed by atoms with van der Waals surface area (Å²) in [6.07, 6.45) is 6.24. The first-order valence-corrected chi connectivity index (χ1v) is 6.83. The molecule has 0 aromatic rings. The van der Waals surface area contributed by atoms with Gasteiger partial charge >= 0.3 is 0 Å². The van der Waals surface area contributed by atoms with Gasteiger partial charge in [0.25, 0.3) is 0 Å². The van der Waals surface area contributed by atoms with Crippen LogP contribution in [0.15, 0.2) is 0 Å². The molecule has 0 unspecified atom stereocenters. The van der Waals surface area contributed by atoms with Crippen molar-refractivity contribution in [1.82, 2.24) is 0 Å². The summed E-state index contributed by atoms with van der Waals surface area (Å²) in [5.74, 6) is -1.76. The lowest BCUT2D eigenvalue weighted by Crippen LogP contribution is -2.17. The van der Waals surface area contributed by atoms with Gasteiger partial charge in [0.05, 0.1) is 0 Å². The molecule has 0 saturated carbocycles. The minimum Gasteiger partial charge on any atom is -0.249 e. The molecule has 0 aliphatic rings. The maximum atomic E-state index is 12.7. The molecule has 0 heterocycles. The molecule has 0 nitrogen and oxygen atoms in total. The lowest BCUT2D eigenvalue weighted by Gasteiger charge is -2.27. The van der Waals surface area contributed by atoms with Gasteiger partial charge in [-0.3, -0.25) is 0 Å². The molecule has 0 spiro atoms. The van der Waals surface area contributed by atoms with Gasteiger partial charge in [-0.1, -0.05) is 6.92 Å². The minimum atomic E-state index is -2.43. The van der Waals surface area contributed by atoms with Crippen molar-refractivity contribution in [3.63, 3.8) is 0 Å². The lowest BCUT2D eigenvalue weighted by molar-refractivity contribution is -0.00540. The standard InChI is InChI=1S/C8H18F2S/c1-5-8(9,10)6-7-11(2,3)4/h5-7H2,1-4H3. The second-order valence-corrected chi connectivity index (χ2v) is 8.34. The van der Waals surface area contributed by atoms with Crippen LogP contribution in [0.1, 0.15) is 19.8 Å². The molecule has 0 N–H and O–H groups in total. The minimum absolute atomic E-state index is 0.0253. The van der Waals surface area contributed by atoms with E-state index in [2.05, 4.69) is 18.8 Å². The van der Waals surface area contributed by atoms with Crippen molar-refractivity contribution >= 4 is 10.0 Å². The third-order valence-electron chi connectivity index (χ3n) is 1.60. The molecule has 11 heavy (non-hydrogen) atoms.